The number of piperidine rings is 1. The van der Waals surface area contributed by atoms with E-state index in [2.05, 4.69) is 12.2 Å². The second-order valence-corrected chi connectivity index (χ2v) is 6.99. The van der Waals surface area contributed by atoms with Crippen LogP contribution in [0.3, 0.4) is 0 Å². The summed E-state index contributed by atoms with van der Waals surface area (Å²) >= 11 is 0. The van der Waals surface area contributed by atoms with Gasteiger partial charge in [-0.3, -0.25) is 9.59 Å². The van der Waals surface area contributed by atoms with Crippen molar-refractivity contribution in [1.82, 2.24) is 4.90 Å². The summed E-state index contributed by atoms with van der Waals surface area (Å²) in [5.41, 5.74) is 2.07. The van der Waals surface area contributed by atoms with E-state index in [0.717, 1.165) is 43.4 Å². The van der Waals surface area contributed by atoms with Gasteiger partial charge in [-0.2, -0.15) is 0 Å². The molecule has 3 rings (SSSR count). The van der Waals surface area contributed by atoms with Crippen LogP contribution < -0.4 is 5.32 Å². The van der Waals surface area contributed by atoms with Gasteiger partial charge in [0.05, 0.1) is 0 Å². The first-order valence-electron chi connectivity index (χ1n) is 9.44. The average molecular weight is 344 g/mol. The Bertz CT molecular complexity index is 603. The molecule has 0 aliphatic carbocycles. The second-order valence-electron chi connectivity index (χ2n) is 6.99. The van der Waals surface area contributed by atoms with E-state index in [9.17, 15) is 9.59 Å². The molecule has 5 heteroatoms. The summed E-state index contributed by atoms with van der Waals surface area (Å²) in [5, 5.41) is 3.08. The largest absolute Gasteiger partial charge is 0.381 e. The van der Waals surface area contributed by atoms with E-state index in [-0.39, 0.29) is 23.7 Å². The van der Waals surface area contributed by atoms with Crippen molar-refractivity contribution in [2.45, 2.75) is 39.0 Å². The number of nitrogens with one attached hydrogen (secondary N) is 1. The summed E-state index contributed by atoms with van der Waals surface area (Å²) in [6.07, 6.45) is 4.04. The Morgan fingerprint density at radius 1 is 1.08 bits per heavy atom. The van der Waals surface area contributed by atoms with Crippen molar-refractivity contribution < 1.29 is 14.3 Å². The average Bonchev–Trinajstić information content (AvgIpc) is 2.68. The minimum Gasteiger partial charge on any atom is -0.381 e. The molecule has 2 saturated heterocycles. The molecule has 2 heterocycles. The molecule has 0 unspecified atom stereocenters. The van der Waals surface area contributed by atoms with Crippen LogP contribution in [-0.4, -0.2) is 43.0 Å². The van der Waals surface area contributed by atoms with Crippen molar-refractivity contribution in [2.24, 2.45) is 11.8 Å². The molecule has 0 saturated carbocycles. The van der Waals surface area contributed by atoms with Crippen LogP contribution in [-0.2, 0) is 20.7 Å². The molecule has 0 atom stereocenters. The zero-order chi connectivity index (χ0) is 17.6. The van der Waals surface area contributed by atoms with E-state index in [1.54, 1.807) is 0 Å². The number of hydrogen-bond acceptors (Lipinski definition) is 3. The fourth-order valence-electron chi connectivity index (χ4n) is 3.75. The fraction of sp³-hybridized carbons (Fsp3) is 0.600. The number of hydrogen-bond donors (Lipinski definition) is 1. The summed E-state index contributed by atoms with van der Waals surface area (Å²) in [7, 11) is 0. The Kier molecular flexibility index (Phi) is 6.08. The fourth-order valence-corrected chi connectivity index (χ4v) is 3.75. The van der Waals surface area contributed by atoms with Gasteiger partial charge in [0.15, 0.2) is 0 Å². The Morgan fingerprint density at radius 2 is 1.76 bits per heavy atom. The Labute approximate surface area is 149 Å². The summed E-state index contributed by atoms with van der Waals surface area (Å²) in [5.74, 6) is 0.428. The zero-order valence-electron chi connectivity index (χ0n) is 15.0. The number of carbonyl (C=O) groups excluding carboxylic acids is 2. The van der Waals surface area contributed by atoms with Gasteiger partial charge in [-0.15, -0.1) is 0 Å². The van der Waals surface area contributed by atoms with Gasteiger partial charge < -0.3 is 15.0 Å². The molecule has 1 aromatic rings. The molecule has 136 valence electrons. The third kappa shape index (κ3) is 4.40. The molecule has 0 radical (unpaired) electrons. The molecule has 0 spiro atoms. The smallest absolute Gasteiger partial charge is 0.227 e. The molecule has 5 nitrogen and oxygen atoms in total. The molecule has 25 heavy (non-hydrogen) atoms. The number of anilines is 1. The van der Waals surface area contributed by atoms with E-state index in [1.165, 1.54) is 0 Å². The van der Waals surface area contributed by atoms with Crippen LogP contribution in [0.1, 0.15) is 38.2 Å². The Hall–Kier alpha value is -1.88. The highest BCUT2D eigenvalue weighted by molar-refractivity contribution is 5.93. The van der Waals surface area contributed by atoms with Gasteiger partial charge in [-0.05, 0) is 43.7 Å². The lowest BCUT2D eigenvalue weighted by Gasteiger charge is -2.34. The maximum atomic E-state index is 12.6. The predicted molar refractivity (Wildman–Crippen MR) is 97.3 cm³/mol. The van der Waals surface area contributed by atoms with Gasteiger partial charge in [-0.25, -0.2) is 0 Å². The number of para-hydroxylation sites is 1. The van der Waals surface area contributed by atoms with Gasteiger partial charge in [0.1, 0.15) is 0 Å². The van der Waals surface area contributed by atoms with Crippen LogP contribution in [0.5, 0.6) is 0 Å². The summed E-state index contributed by atoms with van der Waals surface area (Å²) in [6, 6.07) is 7.95. The molecule has 2 amide bonds. The van der Waals surface area contributed by atoms with E-state index >= 15 is 0 Å². The van der Waals surface area contributed by atoms with Crippen LogP contribution in [0.2, 0.25) is 0 Å². The second kappa shape index (κ2) is 8.48. The Morgan fingerprint density at radius 3 is 2.44 bits per heavy atom. The predicted octanol–water partition coefficient (Wildman–Crippen LogP) is 2.85. The van der Waals surface area contributed by atoms with E-state index < -0.39 is 0 Å². The minimum atomic E-state index is -0.0105. The lowest BCUT2D eigenvalue weighted by molar-refractivity contribution is -0.141. The van der Waals surface area contributed by atoms with Crippen molar-refractivity contribution in [3.63, 3.8) is 0 Å². The van der Waals surface area contributed by atoms with Crippen LogP contribution >= 0.6 is 0 Å². The maximum Gasteiger partial charge on any atom is 0.227 e. The summed E-state index contributed by atoms with van der Waals surface area (Å²) in [4.78, 5) is 27.1. The number of nitrogens with zero attached hydrogens (tertiary/aromatic N) is 1. The molecule has 0 bridgehead atoms. The third-order valence-electron chi connectivity index (χ3n) is 5.40. The molecular formula is C20H28N2O3. The van der Waals surface area contributed by atoms with Gasteiger partial charge in [0.25, 0.3) is 0 Å². The summed E-state index contributed by atoms with van der Waals surface area (Å²) in [6.45, 7) is 4.83. The van der Waals surface area contributed by atoms with Crippen molar-refractivity contribution in [3.05, 3.63) is 29.8 Å². The number of rotatable bonds is 4. The highest BCUT2D eigenvalue weighted by Gasteiger charge is 2.31. The van der Waals surface area contributed by atoms with Crippen molar-refractivity contribution in [3.8, 4) is 0 Å². The SMILES string of the molecule is CCc1ccccc1NC(=O)C1CCN(C(=O)C2CCOCC2)CC1. The quantitative estimate of drug-likeness (QED) is 0.914. The highest BCUT2D eigenvalue weighted by Crippen LogP contribution is 2.24. The molecule has 2 fully saturated rings. The summed E-state index contributed by atoms with van der Waals surface area (Å²) < 4.78 is 5.34. The molecule has 1 aromatic carbocycles. The lowest BCUT2D eigenvalue weighted by atomic mass is 9.92. The van der Waals surface area contributed by atoms with Crippen LogP contribution in [0.15, 0.2) is 24.3 Å². The van der Waals surface area contributed by atoms with Gasteiger partial charge in [0.2, 0.25) is 11.8 Å². The standard InChI is InChI=1S/C20H28N2O3/c1-2-15-5-3-4-6-18(15)21-19(23)16-7-11-22(12-8-16)20(24)17-9-13-25-14-10-17/h3-6,16-17H,2,7-14H2,1H3,(H,21,23). The zero-order valence-corrected chi connectivity index (χ0v) is 15.0. The Balaban J connectivity index is 1.51. The third-order valence-corrected chi connectivity index (χ3v) is 5.40. The van der Waals surface area contributed by atoms with Crippen LogP contribution in [0, 0.1) is 11.8 Å². The lowest BCUT2D eigenvalue weighted by Crippen LogP contribution is -2.45. The van der Waals surface area contributed by atoms with Crippen molar-refractivity contribution in [2.75, 3.05) is 31.6 Å². The maximum absolute atomic E-state index is 12.6. The van der Waals surface area contributed by atoms with Gasteiger partial charge in [-0.1, -0.05) is 25.1 Å². The van der Waals surface area contributed by atoms with E-state index in [1.807, 2.05) is 29.2 Å². The molecule has 0 aromatic heterocycles. The molecular weight excluding hydrogens is 316 g/mol. The molecule has 2 aliphatic rings. The van der Waals surface area contributed by atoms with Crippen molar-refractivity contribution >= 4 is 17.5 Å². The van der Waals surface area contributed by atoms with E-state index in [0.29, 0.717) is 26.3 Å². The molecule has 2 aliphatic heterocycles. The number of benzene rings is 1. The topological polar surface area (TPSA) is 58.6 Å². The van der Waals surface area contributed by atoms with Gasteiger partial charge in [0, 0.05) is 43.8 Å². The monoisotopic (exact) mass is 344 g/mol. The number of carbonyl (C=O) groups is 2. The van der Waals surface area contributed by atoms with Gasteiger partial charge >= 0.3 is 0 Å². The highest BCUT2D eigenvalue weighted by atomic mass is 16.5. The number of ether oxygens (including phenoxy) is 1. The first-order valence-corrected chi connectivity index (χ1v) is 9.44. The first-order chi connectivity index (χ1) is 12.2. The van der Waals surface area contributed by atoms with E-state index in [4.69, 9.17) is 4.74 Å². The minimum absolute atomic E-state index is 0.0105. The molecule has 1 N–H and O–H groups in total. The number of amides is 2. The number of likely N-dealkylation sites (tertiary alicyclic amines) is 1. The van der Waals surface area contributed by atoms with Crippen LogP contribution in [0.25, 0.3) is 0 Å². The number of aryl methyl sites for hydroxylation is 1. The normalized spacial score (nSPS) is 19.6. The van der Waals surface area contributed by atoms with Crippen LogP contribution in [0.4, 0.5) is 5.69 Å². The first kappa shape index (κ1) is 17.9. The van der Waals surface area contributed by atoms with Crippen molar-refractivity contribution in [1.29, 1.82) is 0 Å².